The van der Waals surface area contributed by atoms with Gasteiger partial charge in [-0.1, -0.05) is 41.4 Å². The van der Waals surface area contributed by atoms with Crippen LogP contribution in [0.15, 0.2) is 30.5 Å². The Morgan fingerprint density at radius 3 is 3.00 bits per heavy atom. The first kappa shape index (κ1) is 13.3. The third kappa shape index (κ3) is 3.41. The summed E-state index contributed by atoms with van der Waals surface area (Å²) >= 11 is 1.33. The van der Waals surface area contributed by atoms with E-state index in [-0.39, 0.29) is 5.91 Å². The largest absolute Gasteiger partial charge is 0.320 e. The van der Waals surface area contributed by atoms with E-state index in [4.69, 9.17) is 5.73 Å². The zero-order valence-electron chi connectivity index (χ0n) is 10.4. The average molecular weight is 271 g/mol. The van der Waals surface area contributed by atoms with Gasteiger partial charge in [0.25, 0.3) is 5.91 Å². The van der Waals surface area contributed by atoms with Crippen molar-refractivity contribution in [1.29, 1.82) is 0 Å². The molecule has 4 nitrogen and oxygen atoms in total. The second-order valence-corrected chi connectivity index (χ2v) is 4.84. The maximum atomic E-state index is 12.1. The lowest BCUT2D eigenvalue weighted by Crippen LogP contribution is -2.12. The third-order valence-corrected chi connectivity index (χ3v) is 3.26. The van der Waals surface area contributed by atoms with Gasteiger partial charge in [-0.2, -0.15) is 0 Å². The molecular weight excluding hydrogens is 258 g/mol. The smallest absolute Gasteiger partial charge is 0.257 e. The normalized spacial score (nSPS) is 9.58. The summed E-state index contributed by atoms with van der Waals surface area (Å²) in [6.07, 6.45) is 1.63. The number of amides is 1. The number of hydrogen-bond donors (Lipinski definition) is 2. The lowest BCUT2D eigenvalue weighted by molar-refractivity contribution is 0.102. The molecule has 1 aromatic carbocycles. The summed E-state index contributed by atoms with van der Waals surface area (Å²) in [5.74, 6) is 5.47. The van der Waals surface area contributed by atoms with Crippen molar-refractivity contribution >= 4 is 22.4 Å². The topological polar surface area (TPSA) is 68.0 Å². The highest BCUT2D eigenvalue weighted by Crippen LogP contribution is 2.18. The van der Waals surface area contributed by atoms with E-state index in [2.05, 4.69) is 22.1 Å². The van der Waals surface area contributed by atoms with Gasteiger partial charge in [-0.05, 0) is 18.6 Å². The molecule has 19 heavy (non-hydrogen) atoms. The minimum Gasteiger partial charge on any atom is -0.320 e. The molecule has 96 valence electrons. The second-order valence-electron chi connectivity index (χ2n) is 3.80. The van der Waals surface area contributed by atoms with E-state index in [1.165, 1.54) is 11.3 Å². The highest BCUT2D eigenvalue weighted by Gasteiger charge is 2.10. The number of nitrogens with zero attached hydrogens (tertiary/aromatic N) is 1. The Morgan fingerprint density at radius 2 is 2.26 bits per heavy atom. The summed E-state index contributed by atoms with van der Waals surface area (Å²) in [5.41, 5.74) is 6.87. The number of aromatic nitrogens is 1. The number of benzene rings is 1. The van der Waals surface area contributed by atoms with Crippen LogP contribution in [0.25, 0.3) is 0 Å². The summed E-state index contributed by atoms with van der Waals surface area (Å²) < 4.78 is 0. The molecule has 0 fully saturated rings. The van der Waals surface area contributed by atoms with Crippen LogP contribution < -0.4 is 11.1 Å². The van der Waals surface area contributed by atoms with Gasteiger partial charge in [0.15, 0.2) is 5.13 Å². The summed E-state index contributed by atoms with van der Waals surface area (Å²) in [5, 5.41) is 3.30. The zero-order valence-corrected chi connectivity index (χ0v) is 11.3. The van der Waals surface area contributed by atoms with Crippen LogP contribution in [0.3, 0.4) is 0 Å². The van der Waals surface area contributed by atoms with Crippen molar-refractivity contribution in [3.8, 4) is 11.8 Å². The lowest BCUT2D eigenvalue weighted by Gasteiger charge is -2.04. The average Bonchev–Trinajstić information content (AvgIpc) is 2.84. The van der Waals surface area contributed by atoms with Gasteiger partial charge >= 0.3 is 0 Å². The van der Waals surface area contributed by atoms with Crippen molar-refractivity contribution in [2.75, 3.05) is 11.9 Å². The lowest BCUT2D eigenvalue weighted by atomic mass is 10.1. The zero-order chi connectivity index (χ0) is 13.7. The molecule has 0 spiro atoms. The summed E-state index contributed by atoms with van der Waals surface area (Å²) in [6.45, 7) is 2.21. The fourth-order valence-electron chi connectivity index (χ4n) is 1.52. The Kier molecular flexibility index (Phi) is 4.29. The molecule has 0 radical (unpaired) electrons. The Labute approximate surface area is 115 Å². The van der Waals surface area contributed by atoms with Gasteiger partial charge in [-0.15, -0.1) is 0 Å². The minimum atomic E-state index is -0.161. The maximum Gasteiger partial charge on any atom is 0.257 e. The fourth-order valence-corrected chi connectivity index (χ4v) is 2.21. The number of aryl methyl sites for hydroxylation is 1. The van der Waals surface area contributed by atoms with Crippen molar-refractivity contribution in [2.24, 2.45) is 5.73 Å². The van der Waals surface area contributed by atoms with E-state index in [1.54, 1.807) is 12.3 Å². The SMILES string of the molecule is Cc1ccccc1C(=O)Nc1ncc(C#CCN)s1. The number of carbonyl (C=O) groups is 1. The number of nitrogens with one attached hydrogen (secondary N) is 1. The quantitative estimate of drug-likeness (QED) is 0.821. The van der Waals surface area contributed by atoms with Crippen molar-refractivity contribution in [3.05, 3.63) is 46.5 Å². The first-order valence-electron chi connectivity index (χ1n) is 5.72. The van der Waals surface area contributed by atoms with Gasteiger partial charge in [0.05, 0.1) is 17.6 Å². The van der Waals surface area contributed by atoms with Crippen LogP contribution in [0.1, 0.15) is 20.8 Å². The molecule has 5 heteroatoms. The number of thiazole rings is 1. The number of hydrogen-bond acceptors (Lipinski definition) is 4. The molecule has 0 aliphatic heterocycles. The van der Waals surface area contributed by atoms with Crippen molar-refractivity contribution in [3.63, 3.8) is 0 Å². The van der Waals surface area contributed by atoms with E-state index >= 15 is 0 Å². The predicted molar refractivity (Wildman–Crippen MR) is 77.2 cm³/mol. The third-order valence-electron chi connectivity index (χ3n) is 2.43. The highest BCUT2D eigenvalue weighted by molar-refractivity contribution is 7.16. The van der Waals surface area contributed by atoms with E-state index < -0.39 is 0 Å². The van der Waals surface area contributed by atoms with Crippen LogP contribution >= 0.6 is 11.3 Å². The van der Waals surface area contributed by atoms with Gasteiger partial charge < -0.3 is 5.73 Å². The van der Waals surface area contributed by atoms with E-state index in [0.29, 0.717) is 17.2 Å². The standard InChI is InChI=1S/C14H13N3OS/c1-10-5-2-3-7-12(10)13(18)17-14-16-9-11(19-14)6-4-8-15/h2-3,5,7,9H,8,15H2,1H3,(H,16,17,18). The Morgan fingerprint density at radius 1 is 1.47 bits per heavy atom. The molecular formula is C14H13N3OS. The van der Waals surface area contributed by atoms with Crippen LogP contribution in [0, 0.1) is 18.8 Å². The first-order chi connectivity index (χ1) is 9.20. The number of nitrogens with two attached hydrogens (primary N) is 1. The molecule has 0 saturated heterocycles. The summed E-state index contributed by atoms with van der Waals surface area (Å²) in [4.78, 5) is 16.9. The highest BCUT2D eigenvalue weighted by atomic mass is 32.1. The summed E-state index contributed by atoms with van der Waals surface area (Å²) in [7, 11) is 0. The molecule has 2 aromatic rings. The van der Waals surface area contributed by atoms with E-state index in [0.717, 1.165) is 10.4 Å². The molecule has 0 atom stereocenters. The van der Waals surface area contributed by atoms with Crippen molar-refractivity contribution < 1.29 is 4.79 Å². The Bertz CT molecular complexity index is 652. The Hall–Kier alpha value is -2.16. The molecule has 1 aromatic heterocycles. The van der Waals surface area contributed by atoms with Crippen molar-refractivity contribution in [2.45, 2.75) is 6.92 Å². The molecule has 1 heterocycles. The van der Waals surface area contributed by atoms with Gasteiger partial charge in [-0.25, -0.2) is 4.98 Å². The molecule has 0 unspecified atom stereocenters. The van der Waals surface area contributed by atoms with Gasteiger partial charge in [0, 0.05) is 5.56 Å². The minimum absolute atomic E-state index is 0.161. The van der Waals surface area contributed by atoms with Crippen LogP contribution in [0.2, 0.25) is 0 Å². The second kappa shape index (κ2) is 6.14. The van der Waals surface area contributed by atoms with E-state index in [1.807, 2.05) is 25.1 Å². The number of carbonyl (C=O) groups excluding carboxylic acids is 1. The van der Waals surface area contributed by atoms with Crippen LogP contribution in [-0.2, 0) is 0 Å². The first-order valence-corrected chi connectivity index (χ1v) is 6.54. The predicted octanol–water partition coefficient (Wildman–Crippen LogP) is 2.01. The van der Waals surface area contributed by atoms with Crippen LogP contribution in [0.5, 0.6) is 0 Å². The maximum absolute atomic E-state index is 12.1. The summed E-state index contributed by atoms with van der Waals surface area (Å²) in [6, 6.07) is 7.42. The van der Waals surface area contributed by atoms with Gasteiger partial charge in [0.1, 0.15) is 0 Å². The Balaban J connectivity index is 2.11. The fraction of sp³-hybridized carbons (Fsp3) is 0.143. The van der Waals surface area contributed by atoms with Gasteiger partial charge in [0.2, 0.25) is 0 Å². The van der Waals surface area contributed by atoms with Crippen LogP contribution in [-0.4, -0.2) is 17.4 Å². The molecule has 3 N–H and O–H groups in total. The van der Waals surface area contributed by atoms with Crippen LogP contribution in [0.4, 0.5) is 5.13 Å². The van der Waals surface area contributed by atoms with Gasteiger partial charge in [-0.3, -0.25) is 10.1 Å². The molecule has 0 bridgehead atoms. The number of anilines is 1. The molecule has 0 aliphatic rings. The molecule has 2 rings (SSSR count). The van der Waals surface area contributed by atoms with Crippen molar-refractivity contribution in [1.82, 2.24) is 4.98 Å². The van der Waals surface area contributed by atoms with E-state index in [9.17, 15) is 4.79 Å². The molecule has 1 amide bonds. The number of rotatable bonds is 2. The monoisotopic (exact) mass is 271 g/mol. The molecule has 0 saturated carbocycles. The molecule has 0 aliphatic carbocycles.